The van der Waals surface area contributed by atoms with Gasteiger partial charge in [-0.2, -0.15) is 10.2 Å². The second-order valence-corrected chi connectivity index (χ2v) is 1.77. The second kappa shape index (κ2) is 1.57. The number of nitrogens with two attached hydrogens (primary N) is 1. The van der Waals surface area contributed by atoms with E-state index in [0.717, 1.165) is 0 Å². The highest BCUT2D eigenvalue weighted by molar-refractivity contribution is 5.04. The molecule has 1 heterocycles. The Morgan fingerprint density at radius 1 is 1.62 bits per heavy atom. The highest BCUT2D eigenvalue weighted by Gasteiger charge is 2.37. The molecule has 42 valence electrons. The molecule has 1 rings (SSSR count). The molecule has 2 N–H and O–H groups in total. The molecule has 0 saturated carbocycles. The van der Waals surface area contributed by atoms with Crippen LogP contribution in [0.4, 0.5) is 0 Å². The molecule has 8 heavy (non-hydrogen) atoms. The Morgan fingerprint density at radius 3 is 2.38 bits per heavy atom. The van der Waals surface area contributed by atoms with Crippen LogP contribution in [0.15, 0.2) is 10.2 Å². The maximum atomic E-state index is 5.27. The van der Waals surface area contributed by atoms with Crippen molar-refractivity contribution in [3.63, 3.8) is 0 Å². The summed E-state index contributed by atoms with van der Waals surface area (Å²) in [7, 11) is 0. The Morgan fingerprint density at radius 2 is 2.25 bits per heavy atom. The van der Waals surface area contributed by atoms with Crippen molar-refractivity contribution in [1.82, 2.24) is 0 Å². The van der Waals surface area contributed by atoms with Crippen molar-refractivity contribution in [1.29, 1.82) is 0 Å². The minimum Gasteiger partial charge on any atom is -0.326 e. The topological polar surface area (TPSA) is 50.7 Å². The summed E-state index contributed by atoms with van der Waals surface area (Å²) in [6, 6.07) is 0. The van der Waals surface area contributed by atoms with E-state index in [1.165, 1.54) is 0 Å². The zero-order valence-corrected chi connectivity index (χ0v) is 4.46. The molecule has 0 unspecified atom stereocenters. The van der Waals surface area contributed by atoms with Gasteiger partial charge in [-0.05, 0) is 0 Å². The van der Waals surface area contributed by atoms with E-state index in [4.69, 9.17) is 12.2 Å². The lowest BCUT2D eigenvalue weighted by Crippen LogP contribution is -2.22. The third kappa shape index (κ3) is 0.703. The molecule has 0 atom stereocenters. The number of hydrogen-bond donors (Lipinski definition) is 1. The van der Waals surface area contributed by atoms with Crippen LogP contribution in [0.5, 0.6) is 0 Å². The Labute approximate surface area is 48.0 Å². The van der Waals surface area contributed by atoms with Crippen molar-refractivity contribution in [3.05, 3.63) is 0 Å². The van der Waals surface area contributed by atoms with Gasteiger partial charge in [0, 0.05) is 6.54 Å². The molecule has 0 aliphatic carbocycles. The van der Waals surface area contributed by atoms with E-state index in [-0.39, 0.29) is 5.66 Å². The van der Waals surface area contributed by atoms with Gasteiger partial charge in [0.2, 0.25) is 5.66 Å². The van der Waals surface area contributed by atoms with Crippen LogP contribution in [0.25, 0.3) is 0 Å². The molecular weight excluding hydrogens is 102 g/mol. The Hall–Kier alpha value is -0.880. The summed E-state index contributed by atoms with van der Waals surface area (Å²) in [4.78, 5) is 0. The van der Waals surface area contributed by atoms with Gasteiger partial charge >= 0.3 is 0 Å². The third-order valence-electron chi connectivity index (χ3n) is 1.09. The molecule has 3 nitrogen and oxygen atoms in total. The van der Waals surface area contributed by atoms with E-state index >= 15 is 0 Å². The summed E-state index contributed by atoms with van der Waals surface area (Å²) in [5.41, 5.74) is 4.91. The number of nitrogens with zero attached hydrogens (tertiary/aromatic N) is 2. The van der Waals surface area contributed by atoms with Crippen LogP contribution in [-0.4, -0.2) is 12.2 Å². The normalized spacial score (nSPS) is 20.0. The molecular formula is C5H7N3. The average molecular weight is 109 g/mol. The van der Waals surface area contributed by atoms with Crippen molar-refractivity contribution in [3.8, 4) is 12.3 Å². The van der Waals surface area contributed by atoms with Crippen molar-refractivity contribution < 1.29 is 0 Å². The summed E-state index contributed by atoms with van der Waals surface area (Å²) in [6.07, 6.45) is 5.55. The van der Waals surface area contributed by atoms with E-state index in [0.29, 0.717) is 13.0 Å². The van der Waals surface area contributed by atoms with Crippen molar-refractivity contribution in [2.45, 2.75) is 12.1 Å². The van der Waals surface area contributed by atoms with Crippen LogP contribution in [-0.2, 0) is 0 Å². The molecule has 0 fully saturated rings. The summed E-state index contributed by atoms with van der Waals surface area (Å²) >= 11 is 0. The zero-order valence-electron chi connectivity index (χ0n) is 4.46. The Kier molecular flexibility index (Phi) is 1.03. The molecule has 1 aliphatic heterocycles. The van der Waals surface area contributed by atoms with Crippen LogP contribution in [0.3, 0.4) is 0 Å². The minimum atomic E-state index is -0.366. The SMILES string of the molecule is C#CCC1(CN)N=N1. The van der Waals surface area contributed by atoms with Crippen LogP contribution in [0.2, 0.25) is 0 Å². The van der Waals surface area contributed by atoms with Gasteiger partial charge in [0.1, 0.15) is 0 Å². The van der Waals surface area contributed by atoms with Gasteiger partial charge < -0.3 is 5.73 Å². The fourth-order valence-corrected chi connectivity index (χ4v) is 0.459. The first-order valence-corrected chi connectivity index (χ1v) is 2.40. The van der Waals surface area contributed by atoms with Crippen LogP contribution >= 0.6 is 0 Å². The van der Waals surface area contributed by atoms with Crippen LogP contribution in [0.1, 0.15) is 6.42 Å². The lowest BCUT2D eigenvalue weighted by Gasteiger charge is -1.98. The number of terminal acetylenes is 1. The minimum absolute atomic E-state index is 0.366. The lowest BCUT2D eigenvalue weighted by atomic mass is 10.2. The zero-order chi connectivity index (χ0) is 6.04. The molecule has 0 aromatic rings. The lowest BCUT2D eigenvalue weighted by molar-refractivity contribution is 0.630. The summed E-state index contributed by atoms with van der Waals surface area (Å²) in [5, 5.41) is 7.40. The van der Waals surface area contributed by atoms with E-state index in [1.807, 2.05) is 0 Å². The molecule has 0 spiro atoms. The Bertz CT molecular complexity index is 148. The van der Waals surface area contributed by atoms with E-state index in [9.17, 15) is 0 Å². The van der Waals surface area contributed by atoms with E-state index < -0.39 is 0 Å². The van der Waals surface area contributed by atoms with Gasteiger partial charge in [-0.15, -0.1) is 12.3 Å². The van der Waals surface area contributed by atoms with Crippen LogP contribution in [0, 0.1) is 12.3 Å². The van der Waals surface area contributed by atoms with Gasteiger partial charge in [-0.1, -0.05) is 0 Å². The molecule has 0 amide bonds. The molecule has 0 aromatic heterocycles. The van der Waals surface area contributed by atoms with E-state index in [2.05, 4.69) is 16.1 Å². The summed E-state index contributed by atoms with van der Waals surface area (Å²) in [5.74, 6) is 2.45. The molecule has 0 saturated heterocycles. The predicted molar refractivity (Wildman–Crippen MR) is 30.1 cm³/mol. The monoisotopic (exact) mass is 109 g/mol. The molecule has 0 bridgehead atoms. The van der Waals surface area contributed by atoms with Gasteiger partial charge in [-0.3, -0.25) is 0 Å². The van der Waals surface area contributed by atoms with Gasteiger partial charge in [-0.25, -0.2) is 0 Å². The van der Waals surface area contributed by atoms with Gasteiger partial charge in [0.15, 0.2) is 0 Å². The summed E-state index contributed by atoms with van der Waals surface area (Å²) in [6.45, 7) is 0.442. The molecule has 0 aromatic carbocycles. The van der Waals surface area contributed by atoms with Gasteiger partial charge in [0.05, 0.1) is 6.42 Å². The number of hydrogen-bond acceptors (Lipinski definition) is 3. The first-order chi connectivity index (χ1) is 3.83. The fourth-order valence-electron chi connectivity index (χ4n) is 0.459. The predicted octanol–water partition coefficient (Wildman–Crippen LogP) is 0.130. The second-order valence-electron chi connectivity index (χ2n) is 1.77. The summed E-state index contributed by atoms with van der Waals surface area (Å²) < 4.78 is 0. The average Bonchev–Trinajstić information content (AvgIpc) is 2.50. The van der Waals surface area contributed by atoms with Crippen LogP contribution < -0.4 is 5.73 Å². The first-order valence-electron chi connectivity index (χ1n) is 2.40. The maximum Gasteiger partial charge on any atom is 0.213 e. The number of rotatable bonds is 2. The van der Waals surface area contributed by atoms with Gasteiger partial charge in [0.25, 0.3) is 0 Å². The molecule has 1 aliphatic rings. The highest BCUT2D eigenvalue weighted by atomic mass is 15.4. The quantitative estimate of drug-likeness (QED) is 0.503. The maximum absolute atomic E-state index is 5.27. The molecule has 0 radical (unpaired) electrons. The largest absolute Gasteiger partial charge is 0.326 e. The standard InChI is InChI=1S/C5H7N3/c1-2-3-5(4-6)7-8-5/h1H,3-4,6H2. The smallest absolute Gasteiger partial charge is 0.213 e. The van der Waals surface area contributed by atoms with Crippen molar-refractivity contribution >= 4 is 0 Å². The Balaban J connectivity index is 2.35. The highest BCUT2D eigenvalue weighted by Crippen LogP contribution is 2.29. The fraction of sp³-hybridized carbons (Fsp3) is 0.600. The van der Waals surface area contributed by atoms with E-state index in [1.54, 1.807) is 0 Å². The molecule has 3 heteroatoms. The third-order valence-corrected chi connectivity index (χ3v) is 1.09. The first kappa shape index (κ1) is 5.26. The van der Waals surface area contributed by atoms with Crippen molar-refractivity contribution in [2.24, 2.45) is 16.0 Å². The van der Waals surface area contributed by atoms with Crippen molar-refractivity contribution in [2.75, 3.05) is 6.54 Å².